The highest BCUT2D eigenvalue weighted by molar-refractivity contribution is 5.70. The molecule has 4 atom stereocenters. The number of hydrogen-bond donors (Lipinski definition) is 0. The van der Waals surface area contributed by atoms with Crippen molar-refractivity contribution in [3.05, 3.63) is 0 Å². The largest absolute Gasteiger partial charge is 0.458 e. The first-order valence-corrected chi connectivity index (χ1v) is 8.85. The topological polar surface area (TPSA) is 26.3 Å². The average Bonchev–Trinajstić information content (AvgIpc) is 2.40. The van der Waals surface area contributed by atoms with Gasteiger partial charge in [-0.05, 0) is 55.3 Å². The highest BCUT2D eigenvalue weighted by atomic mass is 16.5. The van der Waals surface area contributed by atoms with E-state index in [9.17, 15) is 4.79 Å². The molecule has 1 saturated heterocycles. The maximum absolute atomic E-state index is 12.4. The van der Waals surface area contributed by atoms with Gasteiger partial charge in [-0.1, -0.05) is 20.8 Å². The lowest BCUT2D eigenvalue weighted by Gasteiger charge is -2.61. The first kappa shape index (κ1) is 15.3. The van der Waals surface area contributed by atoms with Crippen molar-refractivity contribution in [3.63, 3.8) is 0 Å². The number of rotatable bonds is 3. The molecule has 4 rings (SSSR count). The molecule has 4 fully saturated rings. The smallest absolute Gasteiger partial charge is 0.362 e. The highest BCUT2D eigenvalue weighted by Crippen LogP contribution is 2.61. The van der Waals surface area contributed by atoms with Crippen LogP contribution >= 0.6 is 0 Å². The number of quaternary nitrogens is 1. The van der Waals surface area contributed by atoms with Crippen LogP contribution in [0.2, 0.25) is 0 Å². The van der Waals surface area contributed by atoms with Crippen molar-refractivity contribution >= 4 is 5.97 Å². The Labute approximate surface area is 129 Å². The number of carbonyl (C=O) groups is 1. The summed E-state index contributed by atoms with van der Waals surface area (Å²) in [7, 11) is 2.21. The van der Waals surface area contributed by atoms with Gasteiger partial charge in [0.15, 0.2) is 6.54 Å². The van der Waals surface area contributed by atoms with E-state index >= 15 is 0 Å². The van der Waals surface area contributed by atoms with Gasteiger partial charge < -0.3 is 9.22 Å². The second-order valence-electron chi connectivity index (χ2n) is 8.77. The Morgan fingerprint density at radius 2 is 1.86 bits per heavy atom. The summed E-state index contributed by atoms with van der Waals surface area (Å²) in [6.07, 6.45) is 6.42. The summed E-state index contributed by atoms with van der Waals surface area (Å²) in [5, 5.41) is 0. The molecule has 0 spiro atoms. The van der Waals surface area contributed by atoms with Gasteiger partial charge in [0.05, 0.1) is 20.1 Å². The summed E-state index contributed by atoms with van der Waals surface area (Å²) in [4.78, 5) is 12.4. The van der Waals surface area contributed by atoms with Crippen LogP contribution in [0.1, 0.15) is 52.9 Å². The maximum Gasteiger partial charge on any atom is 0.362 e. The van der Waals surface area contributed by atoms with E-state index in [2.05, 4.69) is 27.8 Å². The van der Waals surface area contributed by atoms with Crippen LogP contribution < -0.4 is 0 Å². The molecule has 0 radical (unpaired) electrons. The molecule has 0 amide bonds. The summed E-state index contributed by atoms with van der Waals surface area (Å²) in [6.45, 7) is 9.90. The fourth-order valence-corrected chi connectivity index (χ4v) is 5.21. The van der Waals surface area contributed by atoms with Crippen molar-refractivity contribution in [1.29, 1.82) is 0 Å². The number of likely N-dealkylation sites (tertiary alicyclic amines) is 1. The van der Waals surface area contributed by atoms with Crippen LogP contribution in [0.4, 0.5) is 0 Å². The van der Waals surface area contributed by atoms with Gasteiger partial charge in [-0.25, -0.2) is 4.79 Å². The molecule has 1 heterocycles. The monoisotopic (exact) mass is 294 g/mol. The van der Waals surface area contributed by atoms with Gasteiger partial charge in [-0.15, -0.1) is 0 Å². The van der Waals surface area contributed by atoms with Gasteiger partial charge in [0.25, 0.3) is 0 Å². The molecule has 1 aliphatic heterocycles. The van der Waals surface area contributed by atoms with Crippen LogP contribution in [-0.4, -0.2) is 43.2 Å². The molecular formula is C18H32NO2+. The SMILES string of the molecule is C[C@H]1[C@@H](OC(=O)C[N+]2(C)CCCCC2)C[C@H]2C[C@H]1C2(C)C. The molecule has 2 bridgehead atoms. The van der Waals surface area contributed by atoms with Crippen LogP contribution in [-0.2, 0) is 9.53 Å². The zero-order valence-corrected chi connectivity index (χ0v) is 14.2. The van der Waals surface area contributed by atoms with Gasteiger partial charge >= 0.3 is 5.97 Å². The zero-order chi connectivity index (χ0) is 15.3. The normalized spacial score (nSPS) is 40.2. The van der Waals surface area contributed by atoms with E-state index in [0.29, 0.717) is 17.9 Å². The lowest BCUT2D eigenvalue weighted by Crippen LogP contribution is -2.58. The second kappa shape index (κ2) is 5.26. The van der Waals surface area contributed by atoms with E-state index in [-0.39, 0.29) is 12.1 Å². The molecular weight excluding hydrogens is 262 g/mol. The molecule has 0 aromatic heterocycles. The Hall–Kier alpha value is -0.570. The number of esters is 1. The summed E-state index contributed by atoms with van der Waals surface area (Å²) >= 11 is 0. The number of fused-ring (bicyclic) bond motifs is 2. The number of piperidine rings is 1. The molecule has 120 valence electrons. The van der Waals surface area contributed by atoms with Crippen molar-refractivity contribution in [2.45, 2.75) is 59.0 Å². The van der Waals surface area contributed by atoms with Crippen molar-refractivity contribution < 1.29 is 14.0 Å². The molecule has 3 saturated carbocycles. The Morgan fingerprint density at radius 3 is 2.43 bits per heavy atom. The number of carbonyl (C=O) groups excluding carboxylic acids is 1. The Balaban J connectivity index is 1.54. The third kappa shape index (κ3) is 2.74. The summed E-state index contributed by atoms with van der Waals surface area (Å²) in [5.41, 5.74) is 0.466. The van der Waals surface area contributed by atoms with Crippen molar-refractivity contribution in [3.8, 4) is 0 Å². The van der Waals surface area contributed by atoms with Gasteiger partial charge in [-0.3, -0.25) is 0 Å². The first-order chi connectivity index (χ1) is 9.82. The van der Waals surface area contributed by atoms with E-state index in [4.69, 9.17) is 4.74 Å². The van der Waals surface area contributed by atoms with Crippen LogP contribution in [0, 0.1) is 23.2 Å². The van der Waals surface area contributed by atoms with E-state index in [1.807, 2.05) is 0 Å². The molecule has 0 N–H and O–H groups in total. The number of hydrogen-bond acceptors (Lipinski definition) is 2. The summed E-state index contributed by atoms with van der Waals surface area (Å²) in [5.74, 6) is 2.07. The molecule has 21 heavy (non-hydrogen) atoms. The lowest BCUT2D eigenvalue weighted by atomic mass is 9.45. The summed E-state index contributed by atoms with van der Waals surface area (Å²) < 4.78 is 6.80. The van der Waals surface area contributed by atoms with Crippen LogP contribution in [0.15, 0.2) is 0 Å². The van der Waals surface area contributed by atoms with Gasteiger partial charge in [0, 0.05) is 0 Å². The first-order valence-electron chi connectivity index (χ1n) is 8.85. The minimum Gasteiger partial charge on any atom is -0.458 e. The van der Waals surface area contributed by atoms with E-state index < -0.39 is 0 Å². The van der Waals surface area contributed by atoms with E-state index in [1.165, 1.54) is 25.7 Å². The predicted molar refractivity (Wildman–Crippen MR) is 83.7 cm³/mol. The number of likely N-dealkylation sites (N-methyl/N-ethyl adjacent to an activating group) is 1. The molecule has 3 aliphatic carbocycles. The van der Waals surface area contributed by atoms with Gasteiger partial charge in [-0.2, -0.15) is 0 Å². The molecule has 4 aliphatic rings. The average molecular weight is 294 g/mol. The molecule has 0 aromatic rings. The zero-order valence-electron chi connectivity index (χ0n) is 14.2. The molecule has 3 nitrogen and oxygen atoms in total. The quantitative estimate of drug-likeness (QED) is 0.590. The third-order valence-corrected chi connectivity index (χ3v) is 6.97. The standard InChI is InChI=1S/C18H32NO2/c1-13-15-10-14(18(15,2)3)11-16(13)21-17(20)12-19(4)8-6-5-7-9-19/h13-16H,5-12H2,1-4H3/q+1/t13-,14-,15-,16+/m1/s1. The Kier molecular flexibility index (Phi) is 3.84. The van der Waals surface area contributed by atoms with Crippen LogP contribution in [0.3, 0.4) is 0 Å². The minimum absolute atomic E-state index is 0.0374. The Bertz CT molecular complexity index is 411. The van der Waals surface area contributed by atoms with Crippen molar-refractivity contribution in [2.24, 2.45) is 23.2 Å². The van der Waals surface area contributed by atoms with Gasteiger partial charge in [0.2, 0.25) is 0 Å². The predicted octanol–water partition coefficient (Wildman–Crippen LogP) is 3.23. The fraction of sp³-hybridized carbons (Fsp3) is 0.944. The molecule has 0 unspecified atom stereocenters. The fourth-order valence-electron chi connectivity index (χ4n) is 5.21. The second-order valence-corrected chi connectivity index (χ2v) is 8.77. The van der Waals surface area contributed by atoms with Crippen LogP contribution in [0.5, 0.6) is 0 Å². The van der Waals surface area contributed by atoms with E-state index in [0.717, 1.165) is 35.8 Å². The van der Waals surface area contributed by atoms with Crippen molar-refractivity contribution in [1.82, 2.24) is 0 Å². The minimum atomic E-state index is 0.0374. The maximum atomic E-state index is 12.4. The highest BCUT2D eigenvalue weighted by Gasteiger charge is 2.57. The van der Waals surface area contributed by atoms with Gasteiger partial charge in [0.1, 0.15) is 6.10 Å². The Morgan fingerprint density at radius 1 is 1.19 bits per heavy atom. The number of ether oxygens (including phenoxy) is 1. The molecule has 0 aromatic carbocycles. The molecule has 3 heteroatoms. The summed E-state index contributed by atoms with van der Waals surface area (Å²) in [6, 6.07) is 0. The van der Waals surface area contributed by atoms with Crippen LogP contribution in [0.25, 0.3) is 0 Å². The lowest BCUT2D eigenvalue weighted by molar-refractivity contribution is -0.907. The van der Waals surface area contributed by atoms with E-state index in [1.54, 1.807) is 0 Å². The third-order valence-electron chi connectivity index (χ3n) is 6.97. The number of nitrogens with zero attached hydrogens (tertiary/aromatic N) is 1. The van der Waals surface area contributed by atoms with Crippen molar-refractivity contribution in [2.75, 3.05) is 26.7 Å².